The van der Waals surface area contributed by atoms with Crippen LogP contribution in [0, 0.1) is 20.8 Å². The normalized spacial score (nSPS) is 10.9. The van der Waals surface area contributed by atoms with Crippen LogP contribution in [0.1, 0.15) is 32.6 Å². The summed E-state index contributed by atoms with van der Waals surface area (Å²) >= 11 is 0. The van der Waals surface area contributed by atoms with E-state index < -0.39 is 0 Å². The van der Waals surface area contributed by atoms with Gasteiger partial charge < -0.3 is 5.11 Å². The summed E-state index contributed by atoms with van der Waals surface area (Å²) < 4.78 is 0. The Morgan fingerprint density at radius 1 is 1.00 bits per heavy atom. The molecule has 0 saturated carbocycles. The summed E-state index contributed by atoms with van der Waals surface area (Å²) in [5.41, 5.74) is 4.42. The summed E-state index contributed by atoms with van der Waals surface area (Å²) in [4.78, 5) is 12.3. The van der Waals surface area contributed by atoms with E-state index in [4.69, 9.17) is 0 Å². The van der Waals surface area contributed by atoms with Crippen molar-refractivity contribution in [3.05, 3.63) is 70.3 Å². The second kappa shape index (κ2) is 5.74. The SMILES string of the molecule is Cc1ccccc1C=CC(=O)c1c(C)cc(O)cc1C. The first-order valence-corrected chi connectivity index (χ1v) is 6.57. The molecule has 0 amide bonds. The molecule has 0 radical (unpaired) electrons. The van der Waals surface area contributed by atoms with Gasteiger partial charge in [-0.15, -0.1) is 0 Å². The minimum Gasteiger partial charge on any atom is -0.508 e. The van der Waals surface area contributed by atoms with Crippen LogP contribution in [0.4, 0.5) is 0 Å². The Balaban J connectivity index is 2.32. The molecule has 20 heavy (non-hydrogen) atoms. The van der Waals surface area contributed by atoms with E-state index in [-0.39, 0.29) is 11.5 Å². The molecule has 0 unspecified atom stereocenters. The molecule has 0 atom stereocenters. The number of allylic oxidation sites excluding steroid dienone is 1. The molecule has 2 aromatic carbocycles. The molecule has 102 valence electrons. The first-order chi connectivity index (χ1) is 9.49. The molecule has 2 nitrogen and oxygen atoms in total. The van der Waals surface area contributed by atoms with Crippen LogP contribution in [-0.4, -0.2) is 10.9 Å². The average Bonchev–Trinajstić information content (AvgIpc) is 2.36. The fraction of sp³-hybridized carbons (Fsp3) is 0.167. The molecule has 2 aromatic rings. The van der Waals surface area contributed by atoms with E-state index >= 15 is 0 Å². The Morgan fingerprint density at radius 3 is 2.20 bits per heavy atom. The van der Waals surface area contributed by atoms with Gasteiger partial charge in [-0.05, 0) is 61.2 Å². The number of carbonyl (C=O) groups is 1. The van der Waals surface area contributed by atoms with Crippen molar-refractivity contribution < 1.29 is 9.90 Å². The van der Waals surface area contributed by atoms with Crippen LogP contribution >= 0.6 is 0 Å². The highest BCUT2D eigenvalue weighted by Gasteiger charge is 2.10. The lowest BCUT2D eigenvalue weighted by molar-refractivity contribution is 0.104. The van der Waals surface area contributed by atoms with Crippen LogP contribution < -0.4 is 0 Å². The molecular weight excluding hydrogens is 248 g/mol. The number of aromatic hydroxyl groups is 1. The smallest absolute Gasteiger partial charge is 0.186 e. The summed E-state index contributed by atoms with van der Waals surface area (Å²) in [6.07, 6.45) is 3.43. The van der Waals surface area contributed by atoms with Crippen LogP contribution in [0.5, 0.6) is 5.75 Å². The number of ketones is 1. The second-order valence-corrected chi connectivity index (χ2v) is 5.01. The van der Waals surface area contributed by atoms with Crippen LogP contribution in [0.2, 0.25) is 0 Å². The van der Waals surface area contributed by atoms with E-state index in [1.54, 1.807) is 18.2 Å². The fourth-order valence-corrected chi connectivity index (χ4v) is 2.35. The van der Waals surface area contributed by atoms with Gasteiger partial charge in [-0.1, -0.05) is 30.3 Å². The Morgan fingerprint density at radius 2 is 1.60 bits per heavy atom. The molecule has 1 N–H and O–H groups in total. The molecule has 0 bridgehead atoms. The van der Waals surface area contributed by atoms with Gasteiger partial charge in [0.1, 0.15) is 5.75 Å². The molecule has 0 aromatic heterocycles. The third-order valence-corrected chi connectivity index (χ3v) is 3.37. The molecule has 0 saturated heterocycles. The maximum Gasteiger partial charge on any atom is 0.186 e. The molecule has 0 aliphatic heterocycles. The van der Waals surface area contributed by atoms with Crippen LogP contribution in [-0.2, 0) is 0 Å². The molecular formula is C18H18O2. The third kappa shape index (κ3) is 2.97. The van der Waals surface area contributed by atoms with Crippen molar-refractivity contribution in [3.63, 3.8) is 0 Å². The highest BCUT2D eigenvalue weighted by Crippen LogP contribution is 2.22. The van der Waals surface area contributed by atoms with Gasteiger partial charge in [0.15, 0.2) is 5.78 Å². The number of rotatable bonds is 3. The van der Waals surface area contributed by atoms with Gasteiger partial charge in [0.2, 0.25) is 0 Å². The van der Waals surface area contributed by atoms with Gasteiger partial charge in [-0.2, -0.15) is 0 Å². The van der Waals surface area contributed by atoms with E-state index in [2.05, 4.69) is 0 Å². The zero-order valence-corrected chi connectivity index (χ0v) is 12.0. The number of benzene rings is 2. The number of hydrogen-bond acceptors (Lipinski definition) is 2. The summed E-state index contributed by atoms with van der Waals surface area (Å²) in [5.74, 6) is 0.155. The van der Waals surface area contributed by atoms with E-state index in [0.717, 1.165) is 22.3 Å². The van der Waals surface area contributed by atoms with Crippen molar-refractivity contribution in [2.45, 2.75) is 20.8 Å². The van der Waals surface area contributed by atoms with Crippen molar-refractivity contribution in [2.24, 2.45) is 0 Å². The molecule has 0 aliphatic rings. The fourth-order valence-electron chi connectivity index (χ4n) is 2.35. The maximum absolute atomic E-state index is 12.3. The Hall–Kier alpha value is -2.35. The van der Waals surface area contributed by atoms with E-state index in [1.807, 2.05) is 51.1 Å². The minimum atomic E-state index is -0.0387. The summed E-state index contributed by atoms with van der Waals surface area (Å²) in [7, 11) is 0. The van der Waals surface area contributed by atoms with Gasteiger partial charge in [0, 0.05) is 5.56 Å². The number of carbonyl (C=O) groups excluding carboxylic acids is 1. The third-order valence-electron chi connectivity index (χ3n) is 3.37. The lowest BCUT2D eigenvalue weighted by Crippen LogP contribution is -2.01. The summed E-state index contributed by atoms with van der Waals surface area (Å²) in [5, 5.41) is 9.52. The average molecular weight is 266 g/mol. The molecule has 2 rings (SSSR count). The lowest BCUT2D eigenvalue weighted by Gasteiger charge is -2.07. The zero-order chi connectivity index (χ0) is 14.7. The summed E-state index contributed by atoms with van der Waals surface area (Å²) in [6, 6.07) is 11.2. The quantitative estimate of drug-likeness (QED) is 0.667. The molecule has 0 spiro atoms. The topological polar surface area (TPSA) is 37.3 Å². The van der Waals surface area contributed by atoms with E-state index in [9.17, 15) is 9.90 Å². The van der Waals surface area contributed by atoms with E-state index in [1.165, 1.54) is 0 Å². The molecule has 0 fully saturated rings. The highest BCUT2D eigenvalue weighted by molar-refractivity contribution is 6.08. The van der Waals surface area contributed by atoms with E-state index in [0.29, 0.717) is 5.56 Å². The largest absolute Gasteiger partial charge is 0.508 e. The zero-order valence-electron chi connectivity index (χ0n) is 12.0. The molecule has 0 aliphatic carbocycles. The van der Waals surface area contributed by atoms with Gasteiger partial charge >= 0.3 is 0 Å². The molecule has 2 heteroatoms. The minimum absolute atomic E-state index is 0.0387. The van der Waals surface area contributed by atoms with Crippen LogP contribution in [0.3, 0.4) is 0 Å². The Bertz CT molecular complexity index is 659. The summed E-state index contributed by atoms with van der Waals surface area (Å²) in [6.45, 7) is 5.68. The molecule has 0 heterocycles. The number of aryl methyl sites for hydroxylation is 3. The van der Waals surface area contributed by atoms with Gasteiger partial charge in [0.05, 0.1) is 0 Å². The predicted octanol–water partition coefficient (Wildman–Crippen LogP) is 4.21. The van der Waals surface area contributed by atoms with Crippen molar-refractivity contribution in [1.29, 1.82) is 0 Å². The van der Waals surface area contributed by atoms with Crippen molar-refractivity contribution in [2.75, 3.05) is 0 Å². The Kier molecular flexibility index (Phi) is 4.04. The lowest BCUT2D eigenvalue weighted by atomic mass is 9.97. The van der Waals surface area contributed by atoms with Crippen molar-refractivity contribution in [1.82, 2.24) is 0 Å². The maximum atomic E-state index is 12.3. The van der Waals surface area contributed by atoms with Gasteiger partial charge in [0.25, 0.3) is 0 Å². The Labute approximate surface area is 119 Å². The number of phenols is 1. The van der Waals surface area contributed by atoms with Crippen LogP contribution in [0.15, 0.2) is 42.5 Å². The predicted molar refractivity (Wildman–Crippen MR) is 82.1 cm³/mol. The first-order valence-electron chi connectivity index (χ1n) is 6.57. The van der Waals surface area contributed by atoms with Crippen molar-refractivity contribution >= 4 is 11.9 Å². The van der Waals surface area contributed by atoms with Gasteiger partial charge in [-0.3, -0.25) is 4.79 Å². The number of hydrogen-bond donors (Lipinski definition) is 1. The number of phenolic OH excluding ortho intramolecular Hbond substituents is 1. The highest BCUT2D eigenvalue weighted by atomic mass is 16.3. The second-order valence-electron chi connectivity index (χ2n) is 5.01. The standard InChI is InChI=1S/C18H18O2/c1-12-6-4-5-7-15(12)8-9-17(20)18-13(2)10-16(19)11-14(18)3/h4-11,19H,1-3H3. The van der Waals surface area contributed by atoms with Crippen LogP contribution in [0.25, 0.3) is 6.08 Å². The monoisotopic (exact) mass is 266 g/mol. The van der Waals surface area contributed by atoms with Crippen molar-refractivity contribution in [3.8, 4) is 5.75 Å². The first kappa shape index (κ1) is 14.1. The van der Waals surface area contributed by atoms with Gasteiger partial charge in [-0.25, -0.2) is 0 Å².